The Morgan fingerprint density at radius 3 is 2.86 bits per heavy atom. The van der Waals surface area contributed by atoms with E-state index in [1.165, 1.54) is 19.3 Å². The lowest BCUT2D eigenvalue weighted by Crippen LogP contribution is -2.59. The molecule has 4 atom stereocenters. The number of terminal acetylenes is 1. The fourth-order valence-electron chi connectivity index (χ4n) is 3.11. The molecular weight excluding hydrogens is 174 g/mol. The van der Waals surface area contributed by atoms with Crippen LogP contribution in [0.25, 0.3) is 0 Å². The molecule has 0 bridgehead atoms. The number of hydrogen-bond acceptors (Lipinski definition) is 2. The third-order valence-corrected chi connectivity index (χ3v) is 3.75. The summed E-state index contributed by atoms with van der Waals surface area (Å²) in [5, 5.41) is 13.9. The molecule has 1 aliphatic carbocycles. The molecule has 0 radical (unpaired) electrons. The van der Waals surface area contributed by atoms with Gasteiger partial charge in [-0.1, -0.05) is 18.8 Å². The summed E-state index contributed by atoms with van der Waals surface area (Å²) < 4.78 is 0. The van der Waals surface area contributed by atoms with Gasteiger partial charge in [0, 0.05) is 24.4 Å². The van der Waals surface area contributed by atoms with Gasteiger partial charge in [0.2, 0.25) is 0 Å². The summed E-state index contributed by atoms with van der Waals surface area (Å²) in [6.45, 7) is 2.10. The summed E-state index contributed by atoms with van der Waals surface area (Å²) in [5.41, 5.74) is -0.851. The van der Waals surface area contributed by atoms with E-state index in [2.05, 4.69) is 18.2 Å². The summed E-state index contributed by atoms with van der Waals surface area (Å²) in [6.07, 6.45) is 10.9. The molecule has 2 rings (SSSR count). The smallest absolute Gasteiger partial charge is 0.130 e. The van der Waals surface area contributed by atoms with Gasteiger partial charge in [-0.15, -0.1) is 6.42 Å². The van der Waals surface area contributed by atoms with Gasteiger partial charge in [0.25, 0.3) is 0 Å². The maximum atomic E-state index is 10.4. The molecule has 0 amide bonds. The van der Waals surface area contributed by atoms with Crippen molar-refractivity contribution in [2.45, 2.75) is 56.7 Å². The van der Waals surface area contributed by atoms with Crippen molar-refractivity contribution in [2.24, 2.45) is 5.92 Å². The van der Waals surface area contributed by atoms with Crippen molar-refractivity contribution in [1.29, 1.82) is 0 Å². The predicted molar refractivity (Wildman–Crippen MR) is 56.7 cm³/mol. The molecule has 0 spiro atoms. The van der Waals surface area contributed by atoms with Crippen molar-refractivity contribution in [3.8, 4) is 12.3 Å². The van der Waals surface area contributed by atoms with E-state index < -0.39 is 5.60 Å². The maximum absolute atomic E-state index is 10.4. The molecule has 2 fully saturated rings. The van der Waals surface area contributed by atoms with E-state index in [1.54, 1.807) is 0 Å². The normalized spacial score (nSPS) is 47.9. The van der Waals surface area contributed by atoms with Crippen LogP contribution in [0.15, 0.2) is 0 Å². The van der Waals surface area contributed by atoms with Gasteiger partial charge in [-0.25, -0.2) is 0 Å². The molecule has 14 heavy (non-hydrogen) atoms. The van der Waals surface area contributed by atoms with Crippen LogP contribution in [-0.2, 0) is 0 Å². The van der Waals surface area contributed by atoms with Crippen molar-refractivity contribution in [3.05, 3.63) is 0 Å². The van der Waals surface area contributed by atoms with Crippen LogP contribution in [0.3, 0.4) is 0 Å². The zero-order chi connectivity index (χ0) is 10.2. The lowest BCUT2D eigenvalue weighted by molar-refractivity contribution is -0.0384. The minimum atomic E-state index is -0.851. The first-order valence-electron chi connectivity index (χ1n) is 5.62. The van der Waals surface area contributed by atoms with Gasteiger partial charge in [-0.2, -0.15) is 0 Å². The average Bonchev–Trinajstić information content (AvgIpc) is 2.17. The minimum absolute atomic E-state index is 0.275. The molecule has 0 aromatic rings. The second-order valence-corrected chi connectivity index (χ2v) is 4.84. The molecule has 1 saturated heterocycles. The first kappa shape index (κ1) is 10.0. The van der Waals surface area contributed by atoms with Gasteiger partial charge in [-0.05, 0) is 19.8 Å². The number of rotatable bonds is 0. The van der Waals surface area contributed by atoms with Crippen LogP contribution < -0.4 is 5.32 Å². The SMILES string of the molecule is C#C[C@@]1(O)C[C@@H](C)N[C@H]2CCCC[C@H]21. The zero-order valence-corrected chi connectivity index (χ0v) is 8.79. The molecule has 1 heterocycles. The molecule has 1 saturated carbocycles. The van der Waals surface area contributed by atoms with Crippen LogP contribution in [-0.4, -0.2) is 22.8 Å². The van der Waals surface area contributed by atoms with Gasteiger partial charge in [0.15, 0.2) is 0 Å². The molecule has 1 aliphatic heterocycles. The highest BCUT2D eigenvalue weighted by Crippen LogP contribution is 2.38. The number of fused-ring (bicyclic) bond motifs is 1. The number of nitrogens with one attached hydrogen (secondary N) is 1. The molecule has 2 N–H and O–H groups in total. The second kappa shape index (κ2) is 3.56. The van der Waals surface area contributed by atoms with E-state index in [0.29, 0.717) is 18.5 Å². The average molecular weight is 193 g/mol. The largest absolute Gasteiger partial charge is 0.377 e. The Morgan fingerprint density at radius 1 is 1.43 bits per heavy atom. The van der Waals surface area contributed by atoms with Crippen molar-refractivity contribution in [3.63, 3.8) is 0 Å². The van der Waals surface area contributed by atoms with E-state index in [0.717, 1.165) is 6.42 Å². The third kappa shape index (κ3) is 1.55. The molecule has 0 unspecified atom stereocenters. The van der Waals surface area contributed by atoms with Gasteiger partial charge in [0.05, 0.1) is 0 Å². The molecule has 78 valence electrons. The topological polar surface area (TPSA) is 32.3 Å². The van der Waals surface area contributed by atoms with Crippen LogP contribution in [0, 0.1) is 18.3 Å². The fourth-order valence-corrected chi connectivity index (χ4v) is 3.11. The Kier molecular flexibility index (Phi) is 2.55. The van der Waals surface area contributed by atoms with E-state index in [9.17, 15) is 5.11 Å². The van der Waals surface area contributed by atoms with Gasteiger partial charge in [0.1, 0.15) is 5.60 Å². The Hall–Kier alpha value is -0.520. The van der Waals surface area contributed by atoms with Crippen LogP contribution >= 0.6 is 0 Å². The summed E-state index contributed by atoms with van der Waals surface area (Å²) in [4.78, 5) is 0. The molecular formula is C12H19NO. The van der Waals surface area contributed by atoms with Crippen molar-refractivity contribution < 1.29 is 5.11 Å². The van der Waals surface area contributed by atoms with Crippen molar-refractivity contribution >= 4 is 0 Å². The lowest BCUT2D eigenvalue weighted by atomic mass is 9.69. The van der Waals surface area contributed by atoms with Gasteiger partial charge in [-0.3, -0.25) is 0 Å². The van der Waals surface area contributed by atoms with E-state index >= 15 is 0 Å². The van der Waals surface area contributed by atoms with E-state index in [4.69, 9.17) is 6.42 Å². The molecule has 2 heteroatoms. The highest BCUT2D eigenvalue weighted by molar-refractivity contribution is 5.16. The highest BCUT2D eigenvalue weighted by Gasteiger charge is 2.45. The summed E-state index contributed by atoms with van der Waals surface area (Å²) >= 11 is 0. The molecule has 2 aliphatic rings. The molecule has 0 aromatic heterocycles. The monoisotopic (exact) mass is 193 g/mol. The van der Waals surface area contributed by atoms with E-state index in [-0.39, 0.29) is 5.92 Å². The van der Waals surface area contributed by atoms with Gasteiger partial charge < -0.3 is 10.4 Å². The second-order valence-electron chi connectivity index (χ2n) is 4.84. The van der Waals surface area contributed by atoms with Gasteiger partial charge >= 0.3 is 0 Å². The quantitative estimate of drug-likeness (QED) is 0.568. The number of aliphatic hydroxyl groups is 1. The predicted octanol–water partition coefficient (Wildman–Crippen LogP) is 1.29. The Balaban J connectivity index is 2.20. The molecule has 2 nitrogen and oxygen atoms in total. The van der Waals surface area contributed by atoms with Crippen LogP contribution in [0.5, 0.6) is 0 Å². The van der Waals surface area contributed by atoms with E-state index in [1.807, 2.05) is 0 Å². The minimum Gasteiger partial charge on any atom is -0.377 e. The maximum Gasteiger partial charge on any atom is 0.130 e. The Labute approximate surface area is 86.1 Å². The van der Waals surface area contributed by atoms with Crippen molar-refractivity contribution in [1.82, 2.24) is 5.32 Å². The lowest BCUT2D eigenvalue weighted by Gasteiger charge is -2.47. The highest BCUT2D eigenvalue weighted by atomic mass is 16.3. The number of hydrogen-bond donors (Lipinski definition) is 2. The van der Waals surface area contributed by atoms with Crippen LogP contribution in [0.2, 0.25) is 0 Å². The Bertz CT molecular complexity index is 258. The fraction of sp³-hybridized carbons (Fsp3) is 0.833. The zero-order valence-electron chi connectivity index (χ0n) is 8.79. The van der Waals surface area contributed by atoms with Crippen LogP contribution in [0.1, 0.15) is 39.0 Å². The standard InChI is InChI=1S/C12H19NO/c1-3-12(14)8-9(2)13-11-7-5-4-6-10(11)12/h1,9-11,13-14H,4-8H2,2H3/t9-,10-,11+,12-/m1/s1. The first-order chi connectivity index (χ1) is 6.65. The first-order valence-corrected chi connectivity index (χ1v) is 5.62. The molecule has 0 aromatic carbocycles. The summed E-state index contributed by atoms with van der Waals surface area (Å²) in [5.74, 6) is 2.90. The Morgan fingerprint density at radius 2 is 2.14 bits per heavy atom. The summed E-state index contributed by atoms with van der Waals surface area (Å²) in [6, 6.07) is 0.781. The van der Waals surface area contributed by atoms with Crippen molar-refractivity contribution in [2.75, 3.05) is 0 Å². The third-order valence-electron chi connectivity index (χ3n) is 3.75. The summed E-state index contributed by atoms with van der Waals surface area (Å²) in [7, 11) is 0. The number of piperidine rings is 1. The van der Waals surface area contributed by atoms with Crippen LogP contribution in [0.4, 0.5) is 0 Å².